The lowest BCUT2D eigenvalue weighted by Crippen LogP contribution is -2.15. The van der Waals surface area contributed by atoms with Crippen LogP contribution in [0.15, 0.2) is 0 Å². The van der Waals surface area contributed by atoms with Crippen LogP contribution in [0.25, 0.3) is 0 Å². The molecule has 0 saturated heterocycles. The maximum absolute atomic E-state index is 11.5. The molecule has 0 radical (unpaired) electrons. The minimum atomic E-state index is -3.66. The average molecular weight is 320 g/mol. The molecule has 0 rings (SSSR count). The van der Waals surface area contributed by atoms with E-state index in [1.165, 1.54) is 44.9 Å². The summed E-state index contributed by atoms with van der Waals surface area (Å²) in [4.78, 5) is 11.1. The van der Waals surface area contributed by atoms with E-state index >= 15 is 0 Å². The summed E-state index contributed by atoms with van der Waals surface area (Å²) < 4.78 is 27.5. The summed E-state index contributed by atoms with van der Waals surface area (Å²) in [5.41, 5.74) is 0. The highest BCUT2D eigenvalue weighted by atomic mass is 32.2. The molecule has 0 N–H and O–H groups in total. The Hall–Kier alpha value is -0.580. The maximum Gasteiger partial charge on any atom is 0.322 e. The predicted octanol–water partition coefficient (Wildman–Crippen LogP) is 4.58. The molecular weight excluding hydrogens is 288 g/mol. The highest BCUT2D eigenvalue weighted by Crippen LogP contribution is 2.11. The molecule has 0 aliphatic carbocycles. The molecule has 4 nitrogen and oxygen atoms in total. The molecule has 0 fully saturated rings. The largest absolute Gasteiger partial charge is 0.346 e. The number of unbranched alkanes of at least 4 members (excludes halogenated alkanes) is 9. The van der Waals surface area contributed by atoms with Crippen molar-refractivity contribution < 1.29 is 17.4 Å². The van der Waals surface area contributed by atoms with Crippen LogP contribution in [-0.4, -0.2) is 20.1 Å². The van der Waals surface area contributed by atoms with E-state index in [4.69, 9.17) is 0 Å². The van der Waals surface area contributed by atoms with Gasteiger partial charge in [-0.05, 0) is 12.8 Å². The first kappa shape index (κ1) is 20.4. The zero-order valence-corrected chi connectivity index (χ0v) is 14.6. The lowest BCUT2D eigenvalue weighted by Gasteiger charge is -2.05. The highest BCUT2D eigenvalue weighted by molar-refractivity contribution is 7.87. The maximum atomic E-state index is 11.5. The van der Waals surface area contributed by atoms with Gasteiger partial charge in [-0.25, -0.2) is 0 Å². The van der Waals surface area contributed by atoms with Crippen LogP contribution in [0.4, 0.5) is 0 Å². The predicted molar refractivity (Wildman–Crippen MR) is 86.6 cm³/mol. The topological polar surface area (TPSA) is 60.4 Å². The van der Waals surface area contributed by atoms with Crippen LogP contribution < -0.4 is 0 Å². The molecule has 0 bridgehead atoms. The van der Waals surface area contributed by atoms with Gasteiger partial charge in [-0.3, -0.25) is 4.79 Å². The minimum absolute atomic E-state index is 0.0427. The van der Waals surface area contributed by atoms with Crippen LogP contribution in [0.5, 0.6) is 0 Å². The third-order valence-electron chi connectivity index (χ3n) is 3.42. The van der Waals surface area contributed by atoms with Gasteiger partial charge in [-0.2, -0.15) is 8.42 Å². The van der Waals surface area contributed by atoms with Crippen molar-refractivity contribution in [3.05, 3.63) is 0 Å². The molecule has 0 saturated carbocycles. The fraction of sp³-hybridized carbons (Fsp3) is 0.938. The molecule has 0 aromatic carbocycles. The lowest BCUT2D eigenvalue weighted by molar-refractivity contribution is -0.133. The van der Waals surface area contributed by atoms with E-state index in [0.717, 1.165) is 12.8 Å². The second-order valence-corrected chi connectivity index (χ2v) is 7.34. The fourth-order valence-electron chi connectivity index (χ4n) is 2.20. The Balaban J connectivity index is 3.47. The second kappa shape index (κ2) is 13.1. The molecule has 0 spiro atoms. The first-order valence-corrected chi connectivity index (χ1v) is 10.0. The summed E-state index contributed by atoms with van der Waals surface area (Å²) in [6.45, 7) is 4.03. The summed E-state index contributed by atoms with van der Waals surface area (Å²) in [7, 11) is -3.66. The van der Waals surface area contributed by atoms with Crippen molar-refractivity contribution >= 4 is 16.1 Å². The van der Waals surface area contributed by atoms with E-state index in [-0.39, 0.29) is 12.2 Å². The molecular formula is C16H32O4S. The molecule has 0 aliphatic rings. The van der Waals surface area contributed by atoms with Gasteiger partial charge in [0.25, 0.3) is 0 Å². The van der Waals surface area contributed by atoms with Crippen LogP contribution in [0.1, 0.15) is 90.9 Å². The van der Waals surface area contributed by atoms with Gasteiger partial charge in [0.15, 0.2) is 0 Å². The van der Waals surface area contributed by atoms with Gasteiger partial charge in [0.1, 0.15) is 0 Å². The Morgan fingerprint density at radius 1 is 0.762 bits per heavy atom. The Morgan fingerprint density at radius 2 is 1.24 bits per heavy atom. The smallest absolute Gasteiger partial charge is 0.322 e. The van der Waals surface area contributed by atoms with E-state index in [9.17, 15) is 13.2 Å². The van der Waals surface area contributed by atoms with Crippen LogP contribution in [0.3, 0.4) is 0 Å². The number of hydrogen-bond acceptors (Lipinski definition) is 4. The molecule has 0 aliphatic heterocycles. The van der Waals surface area contributed by atoms with Crippen molar-refractivity contribution in [1.29, 1.82) is 0 Å². The van der Waals surface area contributed by atoms with Crippen molar-refractivity contribution in [2.75, 3.05) is 5.75 Å². The Morgan fingerprint density at radius 3 is 1.71 bits per heavy atom. The van der Waals surface area contributed by atoms with Gasteiger partial charge < -0.3 is 4.18 Å². The van der Waals surface area contributed by atoms with Gasteiger partial charge >= 0.3 is 16.1 Å². The number of hydrogen-bond donors (Lipinski definition) is 0. The lowest BCUT2D eigenvalue weighted by atomic mass is 10.1. The molecule has 0 aromatic rings. The molecule has 0 amide bonds. The summed E-state index contributed by atoms with van der Waals surface area (Å²) in [6, 6.07) is 0. The molecule has 21 heavy (non-hydrogen) atoms. The first-order chi connectivity index (χ1) is 10.0. The van der Waals surface area contributed by atoms with Gasteiger partial charge in [-0.1, -0.05) is 71.6 Å². The van der Waals surface area contributed by atoms with Crippen molar-refractivity contribution in [3.8, 4) is 0 Å². The van der Waals surface area contributed by atoms with Crippen LogP contribution in [0, 0.1) is 0 Å². The zero-order chi connectivity index (χ0) is 16.0. The number of carbonyl (C=O) groups excluding carboxylic acids is 1. The minimum Gasteiger partial charge on any atom is -0.346 e. The van der Waals surface area contributed by atoms with E-state index in [1.54, 1.807) is 0 Å². The molecule has 126 valence electrons. The van der Waals surface area contributed by atoms with E-state index in [0.29, 0.717) is 12.8 Å². The fourth-order valence-corrected chi connectivity index (χ4v) is 3.20. The summed E-state index contributed by atoms with van der Waals surface area (Å²) in [5, 5.41) is 0. The molecule has 0 unspecified atom stereocenters. The van der Waals surface area contributed by atoms with Crippen molar-refractivity contribution in [2.24, 2.45) is 0 Å². The summed E-state index contributed by atoms with van der Waals surface area (Å²) in [6.07, 6.45) is 12.2. The SMILES string of the molecule is CCCCCCCCCCCCS(=O)(=O)OC(=O)CCC. The second-order valence-electron chi connectivity index (χ2n) is 5.65. The van der Waals surface area contributed by atoms with Crippen molar-refractivity contribution in [2.45, 2.75) is 90.9 Å². The van der Waals surface area contributed by atoms with E-state index < -0.39 is 16.1 Å². The van der Waals surface area contributed by atoms with Crippen LogP contribution in [-0.2, 0) is 19.1 Å². The standard InChI is InChI=1S/C16H32O4S/c1-3-5-6-7-8-9-10-11-12-13-15-21(18,19)20-16(17)14-4-2/h3-15H2,1-2H3. The number of rotatable bonds is 14. The third-order valence-corrected chi connectivity index (χ3v) is 4.65. The molecule has 0 heterocycles. The Labute approximate surface area is 130 Å². The quantitative estimate of drug-likeness (QED) is 0.347. The monoisotopic (exact) mass is 320 g/mol. The van der Waals surface area contributed by atoms with Crippen LogP contribution in [0.2, 0.25) is 0 Å². The third kappa shape index (κ3) is 14.1. The molecule has 0 aromatic heterocycles. The summed E-state index contributed by atoms with van der Waals surface area (Å²) in [5.74, 6) is -0.677. The molecule has 5 heteroatoms. The average Bonchev–Trinajstić information content (AvgIpc) is 2.40. The van der Waals surface area contributed by atoms with Crippen molar-refractivity contribution in [1.82, 2.24) is 0 Å². The number of carbonyl (C=O) groups is 1. The highest BCUT2D eigenvalue weighted by Gasteiger charge is 2.15. The van der Waals surface area contributed by atoms with Crippen molar-refractivity contribution in [3.63, 3.8) is 0 Å². The normalized spacial score (nSPS) is 11.5. The van der Waals surface area contributed by atoms with Crippen LogP contribution >= 0.6 is 0 Å². The van der Waals surface area contributed by atoms with Gasteiger partial charge in [-0.15, -0.1) is 0 Å². The van der Waals surface area contributed by atoms with Gasteiger partial charge in [0, 0.05) is 6.42 Å². The molecule has 0 atom stereocenters. The zero-order valence-electron chi connectivity index (χ0n) is 13.7. The Bertz CT molecular complexity index is 349. The summed E-state index contributed by atoms with van der Waals surface area (Å²) >= 11 is 0. The Kier molecular flexibility index (Phi) is 12.7. The van der Waals surface area contributed by atoms with E-state index in [1.807, 2.05) is 6.92 Å². The van der Waals surface area contributed by atoms with Gasteiger partial charge in [0.2, 0.25) is 0 Å². The van der Waals surface area contributed by atoms with E-state index in [2.05, 4.69) is 11.1 Å². The van der Waals surface area contributed by atoms with Gasteiger partial charge in [0.05, 0.1) is 5.75 Å². The first-order valence-electron chi connectivity index (χ1n) is 8.46.